The summed E-state index contributed by atoms with van der Waals surface area (Å²) in [6.45, 7) is 0. The molecular formula is C20H10Cl3F3N2O2S3. The second kappa shape index (κ2) is 9.16. The molecule has 172 valence electrons. The Kier molecular flexibility index (Phi) is 6.78. The number of thiazole rings is 1. The number of fused-ring (bicyclic) bond motifs is 1. The zero-order chi connectivity index (χ0) is 24.0. The van der Waals surface area contributed by atoms with Gasteiger partial charge in [-0.1, -0.05) is 46.6 Å². The molecule has 1 aromatic heterocycles. The molecule has 0 amide bonds. The average molecular weight is 570 g/mol. The van der Waals surface area contributed by atoms with E-state index in [1.165, 1.54) is 47.7 Å². The van der Waals surface area contributed by atoms with Crippen LogP contribution in [0.5, 0.6) is 0 Å². The van der Waals surface area contributed by atoms with Crippen LogP contribution in [0, 0.1) is 0 Å². The maximum absolute atomic E-state index is 12.9. The van der Waals surface area contributed by atoms with Crippen molar-refractivity contribution in [3.05, 3.63) is 75.2 Å². The van der Waals surface area contributed by atoms with Crippen LogP contribution in [-0.2, 0) is 16.2 Å². The molecule has 1 heterocycles. The minimum Gasteiger partial charge on any atom is -0.280 e. The number of hydrogen-bond acceptors (Lipinski definition) is 5. The number of rotatable bonds is 5. The molecule has 4 aromatic rings. The summed E-state index contributed by atoms with van der Waals surface area (Å²) in [5.74, 6) is 0. The Balaban J connectivity index is 1.55. The van der Waals surface area contributed by atoms with E-state index >= 15 is 0 Å². The molecule has 0 spiro atoms. The summed E-state index contributed by atoms with van der Waals surface area (Å²) in [6.07, 6.45) is -4.45. The summed E-state index contributed by atoms with van der Waals surface area (Å²) in [5.41, 5.74) is -0.334. The molecule has 0 aliphatic carbocycles. The van der Waals surface area contributed by atoms with Crippen LogP contribution in [0.4, 0.5) is 18.9 Å². The molecule has 4 rings (SSSR count). The minimum absolute atomic E-state index is 0.0298. The van der Waals surface area contributed by atoms with Gasteiger partial charge in [0.25, 0.3) is 10.0 Å². The lowest BCUT2D eigenvalue weighted by atomic mass is 10.2. The number of alkyl halides is 3. The third kappa shape index (κ3) is 5.52. The Morgan fingerprint density at radius 3 is 2.36 bits per heavy atom. The van der Waals surface area contributed by atoms with E-state index in [9.17, 15) is 21.6 Å². The lowest BCUT2D eigenvalue weighted by molar-refractivity contribution is -0.137. The van der Waals surface area contributed by atoms with E-state index in [0.29, 0.717) is 19.0 Å². The summed E-state index contributed by atoms with van der Waals surface area (Å²) in [6, 6.07) is 11.9. The number of benzene rings is 3. The lowest BCUT2D eigenvalue weighted by Crippen LogP contribution is -2.13. The summed E-state index contributed by atoms with van der Waals surface area (Å²) in [4.78, 5) is 4.66. The fourth-order valence-corrected chi connectivity index (χ4v) is 6.90. The second-order valence-electron chi connectivity index (χ2n) is 6.59. The molecule has 0 radical (unpaired) electrons. The van der Waals surface area contributed by atoms with Crippen LogP contribution in [-0.4, -0.2) is 13.4 Å². The highest BCUT2D eigenvalue weighted by molar-refractivity contribution is 8.01. The SMILES string of the molecule is O=S(=O)(Nc1ccc(Sc2nc3cc(C(F)(F)F)ccc3s2)c(Cl)c1)c1ccc(Cl)cc1Cl. The molecule has 0 aliphatic heterocycles. The van der Waals surface area contributed by atoms with Crippen molar-refractivity contribution in [2.24, 2.45) is 0 Å². The number of anilines is 1. The molecule has 0 fully saturated rings. The normalized spacial score (nSPS) is 12.3. The van der Waals surface area contributed by atoms with E-state index < -0.39 is 21.8 Å². The Labute approximate surface area is 209 Å². The number of sulfonamides is 1. The fraction of sp³-hybridized carbons (Fsp3) is 0.0500. The van der Waals surface area contributed by atoms with E-state index in [4.69, 9.17) is 34.8 Å². The predicted molar refractivity (Wildman–Crippen MR) is 127 cm³/mol. The van der Waals surface area contributed by atoms with Crippen LogP contribution in [0.15, 0.2) is 68.7 Å². The first-order valence-corrected chi connectivity index (χ1v) is 13.1. The van der Waals surface area contributed by atoms with Crippen LogP contribution in [0.2, 0.25) is 15.1 Å². The average Bonchev–Trinajstić information content (AvgIpc) is 3.10. The number of nitrogens with one attached hydrogen (secondary N) is 1. The van der Waals surface area contributed by atoms with Crippen molar-refractivity contribution < 1.29 is 21.6 Å². The first kappa shape index (κ1) is 24.4. The minimum atomic E-state index is -4.45. The summed E-state index contributed by atoms with van der Waals surface area (Å²) >= 11 is 20.5. The summed E-state index contributed by atoms with van der Waals surface area (Å²) < 4.78 is 67.5. The second-order valence-corrected chi connectivity index (χ2v) is 11.8. The van der Waals surface area contributed by atoms with Crippen LogP contribution in [0.25, 0.3) is 10.2 Å². The van der Waals surface area contributed by atoms with Gasteiger partial charge in [-0.15, -0.1) is 11.3 Å². The maximum atomic E-state index is 12.9. The van der Waals surface area contributed by atoms with E-state index in [1.54, 1.807) is 6.07 Å². The Hall–Kier alpha value is -1.69. The summed E-state index contributed by atoms with van der Waals surface area (Å²) in [5, 5.41) is 0.503. The number of aromatic nitrogens is 1. The van der Waals surface area contributed by atoms with E-state index in [0.717, 1.165) is 23.9 Å². The predicted octanol–water partition coefficient (Wildman–Crippen LogP) is 8.23. The van der Waals surface area contributed by atoms with Gasteiger partial charge in [-0.25, -0.2) is 13.4 Å². The van der Waals surface area contributed by atoms with Gasteiger partial charge in [0.15, 0.2) is 4.34 Å². The van der Waals surface area contributed by atoms with Crippen molar-refractivity contribution in [3.8, 4) is 0 Å². The van der Waals surface area contributed by atoms with Crippen LogP contribution >= 0.6 is 57.9 Å². The largest absolute Gasteiger partial charge is 0.416 e. The fourth-order valence-electron chi connectivity index (χ4n) is 2.77. The van der Waals surface area contributed by atoms with Crippen molar-refractivity contribution in [3.63, 3.8) is 0 Å². The van der Waals surface area contributed by atoms with Crippen molar-refractivity contribution in [1.29, 1.82) is 0 Å². The lowest BCUT2D eigenvalue weighted by Gasteiger charge is -2.11. The van der Waals surface area contributed by atoms with Gasteiger partial charge >= 0.3 is 6.18 Å². The van der Waals surface area contributed by atoms with Gasteiger partial charge in [-0.2, -0.15) is 13.2 Å². The monoisotopic (exact) mass is 568 g/mol. The highest BCUT2D eigenvalue weighted by Crippen LogP contribution is 2.40. The zero-order valence-corrected chi connectivity index (χ0v) is 20.7. The molecule has 0 atom stereocenters. The van der Waals surface area contributed by atoms with Gasteiger partial charge in [0, 0.05) is 9.92 Å². The van der Waals surface area contributed by atoms with Crippen LogP contribution in [0.1, 0.15) is 5.56 Å². The molecule has 4 nitrogen and oxygen atoms in total. The van der Waals surface area contributed by atoms with Gasteiger partial charge in [0.05, 0.1) is 31.5 Å². The molecule has 0 unspecified atom stereocenters. The third-order valence-corrected chi connectivity index (χ3v) is 8.96. The molecule has 0 saturated carbocycles. The van der Waals surface area contributed by atoms with Gasteiger partial charge in [0.2, 0.25) is 0 Å². The van der Waals surface area contributed by atoms with E-state index in [1.807, 2.05) is 0 Å². The van der Waals surface area contributed by atoms with Gasteiger partial charge in [-0.3, -0.25) is 4.72 Å². The number of nitrogens with zero attached hydrogens (tertiary/aromatic N) is 1. The molecule has 0 bridgehead atoms. The van der Waals surface area contributed by atoms with Gasteiger partial charge in [0.1, 0.15) is 4.90 Å². The van der Waals surface area contributed by atoms with E-state index in [-0.39, 0.29) is 26.1 Å². The molecule has 13 heteroatoms. The number of halogens is 6. The molecule has 1 N–H and O–H groups in total. The van der Waals surface area contributed by atoms with Gasteiger partial charge in [-0.05, 0) is 54.6 Å². The molecule has 3 aromatic carbocycles. The van der Waals surface area contributed by atoms with Crippen molar-refractivity contribution >= 4 is 83.8 Å². The summed E-state index contributed by atoms with van der Waals surface area (Å²) in [7, 11) is -3.99. The maximum Gasteiger partial charge on any atom is 0.416 e. The van der Waals surface area contributed by atoms with Crippen molar-refractivity contribution in [2.45, 2.75) is 20.3 Å². The molecule has 33 heavy (non-hydrogen) atoms. The Morgan fingerprint density at radius 2 is 1.70 bits per heavy atom. The third-order valence-electron chi connectivity index (χ3n) is 4.26. The topological polar surface area (TPSA) is 59.1 Å². The van der Waals surface area contributed by atoms with Crippen LogP contribution in [0.3, 0.4) is 0 Å². The molecule has 0 aliphatic rings. The standard InChI is InChI=1S/C20H10Cl3F3N2O2S3/c21-11-2-6-18(14(23)8-11)33(29,30)28-12-3-5-16(13(22)9-12)31-19-27-15-7-10(20(24,25)26)1-4-17(15)32-19/h1-9,28H. The highest BCUT2D eigenvalue weighted by atomic mass is 35.5. The van der Waals surface area contributed by atoms with Crippen LogP contribution < -0.4 is 4.72 Å². The van der Waals surface area contributed by atoms with Gasteiger partial charge < -0.3 is 0 Å². The molecular weight excluding hydrogens is 560 g/mol. The van der Waals surface area contributed by atoms with Crippen molar-refractivity contribution in [1.82, 2.24) is 4.98 Å². The first-order chi connectivity index (χ1) is 15.4. The smallest absolute Gasteiger partial charge is 0.280 e. The van der Waals surface area contributed by atoms with Crippen molar-refractivity contribution in [2.75, 3.05) is 4.72 Å². The quantitative estimate of drug-likeness (QED) is 0.263. The molecule has 0 saturated heterocycles. The highest BCUT2D eigenvalue weighted by Gasteiger charge is 2.30. The Bertz CT molecular complexity index is 1470. The zero-order valence-electron chi connectivity index (χ0n) is 16.0. The Morgan fingerprint density at radius 1 is 0.939 bits per heavy atom. The van der Waals surface area contributed by atoms with E-state index in [2.05, 4.69) is 9.71 Å². The first-order valence-electron chi connectivity index (χ1n) is 8.85. The number of hydrogen-bond donors (Lipinski definition) is 1.